The lowest BCUT2D eigenvalue weighted by molar-refractivity contribution is -0.118. The van der Waals surface area contributed by atoms with Gasteiger partial charge in [-0.3, -0.25) is 4.79 Å². The van der Waals surface area contributed by atoms with Crippen molar-refractivity contribution in [2.75, 3.05) is 5.75 Å². The van der Waals surface area contributed by atoms with Gasteiger partial charge in [0.25, 0.3) is 0 Å². The first kappa shape index (κ1) is 18.8. The summed E-state index contributed by atoms with van der Waals surface area (Å²) in [6.07, 6.45) is 0. The van der Waals surface area contributed by atoms with Gasteiger partial charge in [0.15, 0.2) is 0 Å². The molecule has 0 saturated carbocycles. The minimum absolute atomic E-state index is 0.103. The van der Waals surface area contributed by atoms with Gasteiger partial charge >= 0.3 is 0 Å². The van der Waals surface area contributed by atoms with Gasteiger partial charge in [0.2, 0.25) is 17.6 Å². The van der Waals surface area contributed by atoms with E-state index in [1.807, 2.05) is 24.3 Å². The highest BCUT2D eigenvalue weighted by Gasteiger charge is 2.10. The van der Waals surface area contributed by atoms with E-state index in [2.05, 4.69) is 15.5 Å². The fraction of sp³-hybridized carbons (Fsp3) is 0.167. The number of rotatable bonds is 7. The van der Waals surface area contributed by atoms with Crippen molar-refractivity contribution in [1.29, 1.82) is 0 Å². The molecule has 1 amide bonds. The van der Waals surface area contributed by atoms with E-state index < -0.39 is 0 Å². The highest BCUT2D eigenvalue weighted by atomic mass is 35.5. The third kappa shape index (κ3) is 5.24. The highest BCUT2D eigenvalue weighted by Crippen LogP contribution is 2.21. The molecule has 2 aromatic carbocycles. The molecule has 1 heterocycles. The Labute approximate surface area is 165 Å². The summed E-state index contributed by atoms with van der Waals surface area (Å²) in [5, 5.41) is 8.02. The van der Waals surface area contributed by atoms with Crippen LogP contribution in [0.1, 0.15) is 11.5 Å². The maximum Gasteiger partial charge on any atom is 0.246 e. The number of hydrogen-bond acceptors (Lipinski definition) is 5. The lowest BCUT2D eigenvalue weighted by atomic mass is 10.2. The molecule has 3 rings (SSSR count). The third-order valence-corrected chi connectivity index (χ3v) is 5.06. The second kappa shape index (κ2) is 9.07. The molecule has 0 atom stereocenters. The number of carbonyl (C=O) groups is 1. The molecule has 1 aromatic heterocycles. The number of benzene rings is 2. The van der Waals surface area contributed by atoms with Gasteiger partial charge in [0.1, 0.15) is 0 Å². The number of halogens is 2. The van der Waals surface area contributed by atoms with E-state index in [4.69, 9.17) is 27.7 Å². The van der Waals surface area contributed by atoms with Crippen molar-refractivity contribution < 1.29 is 9.32 Å². The average molecular weight is 408 g/mol. The van der Waals surface area contributed by atoms with Crippen molar-refractivity contribution >= 4 is 40.9 Å². The molecule has 0 spiro atoms. The van der Waals surface area contributed by atoms with E-state index in [0.29, 0.717) is 33.3 Å². The van der Waals surface area contributed by atoms with Gasteiger partial charge in [-0.15, -0.1) is 11.8 Å². The van der Waals surface area contributed by atoms with Crippen LogP contribution in [0.5, 0.6) is 0 Å². The average Bonchev–Trinajstić information content (AvgIpc) is 3.11. The molecule has 3 aromatic rings. The first-order chi connectivity index (χ1) is 12.6. The zero-order valence-corrected chi connectivity index (χ0v) is 15.9. The summed E-state index contributed by atoms with van der Waals surface area (Å²) >= 11 is 13.4. The molecule has 0 saturated heterocycles. The fourth-order valence-corrected chi connectivity index (χ4v) is 3.41. The third-order valence-electron chi connectivity index (χ3n) is 3.46. The smallest absolute Gasteiger partial charge is 0.246 e. The summed E-state index contributed by atoms with van der Waals surface area (Å²) in [4.78, 5) is 16.2. The topological polar surface area (TPSA) is 68.0 Å². The molecule has 26 heavy (non-hydrogen) atoms. The summed E-state index contributed by atoms with van der Waals surface area (Å²) in [5.41, 5.74) is 1.81. The van der Waals surface area contributed by atoms with Crippen LogP contribution >= 0.6 is 35.0 Å². The summed E-state index contributed by atoms with van der Waals surface area (Å²) in [6, 6.07) is 14.7. The maximum atomic E-state index is 11.9. The van der Waals surface area contributed by atoms with Crippen molar-refractivity contribution in [3.8, 4) is 11.4 Å². The van der Waals surface area contributed by atoms with Gasteiger partial charge in [-0.1, -0.05) is 46.6 Å². The maximum absolute atomic E-state index is 11.9. The Morgan fingerprint density at radius 3 is 2.65 bits per heavy atom. The summed E-state index contributed by atoms with van der Waals surface area (Å²) < 4.78 is 5.16. The van der Waals surface area contributed by atoms with Crippen LogP contribution in [0.4, 0.5) is 0 Å². The lowest BCUT2D eigenvalue weighted by Gasteiger charge is -2.04. The summed E-state index contributed by atoms with van der Waals surface area (Å²) in [6.45, 7) is 0.187. The molecule has 0 radical (unpaired) electrons. The molecule has 0 fully saturated rings. The number of thioether (sulfide) groups is 1. The number of aromatic nitrogens is 2. The molecule has 8 heteroatoms. The quantitative estimate of drug-likeness (QED) is 0.619. The molecule has 0 aliphatic rings. The van der Waals surface area contributed by atoms with Crippen LogP contribution in [0.25, 0.3) is 11.4 Å². The minimum atomic E-state index is -0.103. The van der Waals surface area contributed by atoms with Crippen LogP contribution in [-0.2, 0) is 17.1 Å². The zero-order valence-electron chi connectivity index (χ0n) is 13.6. The van der Waals surface area contributed by atoms with Crippen LogP contribution in [0.2, 0.25) is 10.0 Å². The van der Waals surface area contributed by atoms with Crippen molar-refractivity contribution in [1.82, 2.24) is 15.5 Å². The molecule has 0 unspecified atom stereocenters. The number of carbonyl (C=O) groups excluding carboxylic acids is 1. The molecule has 0 aliphatic heterocycles. The van der Waals surface area contributed by atoms with E-state index in [1.54, 1.807) is 24.3 Å². The first-order valence-corrected chi connectivity index (χ1v) is 9.69. The predicted molar refractivity (Wildman–Crippen MR) is 104 cm³/mol. The van der Waals surface area contributed by atoms with Gasteiger partial charge in [-0.05, 0) is 35.9 Å². The lowest BCUT2D eigenvalue weighted by Crippen LogP contribution is -2.24. The Morgan fingerprint density at radius 2 is 1.88 bits per heavy atom. The predicted octanol–water partition coefficient (Wildman–Crippen LogP) is 4.59. The van der Waals surface area contributed by atoms with Crippen molar-refractivity contribution in [2.24, 2.45) is 0 Å². The second-order valence-electron chi connectivity index (χ2n) is 5.38. The Morgan fingerprint density at radius 1 is 1.12 bits per heavy atom. The summed E-state index contributed by atoms with van der Waals surface area (Å²) in [5.74, 6) is 1.70. The van der Waals surface area contributed by atoms with Crippen LogP contribution in [0.15, 0.2) is 53.1 Å². The van der Waals surface area contributed by atoms with E-state index in [1.165, 1.54) is 11.8 Å². The second-order valence-corrected chi connectivity index (χ2v) is 7.21. The zero-order chi connectivity index (χ0) is 18.4. The van der Waals surface area contributed by atoms with Crippen LogP contribution in [0.3, 0.4) is 0 Å². The van der Waals surface area contributed by atoms with E-state index in [9.17, 15) is 4.79 Å². The van der Waals surface area contributed by atoms with Crippen molar-refractivity contribution in [3.63, 3.8) is 0 Å². The van der Waals surface area contributed by atoms with E-state index >= 15 is 0 Å². The molecule has 1 N–H and O–H groups in total. The van der Waals surface area contributed by atoms with Gasteiger partial charge in [-0.25, -0.2) is 0 Å². The number of hydrogen-bond donors (Lipinski definition) is 1. The monoisotopic (exact) mass is 407 g/mol. The van der Waals surface area contributed by atoms with Gasteiger partial charge in [0, 0.05) is 21.4 Å². The van der Waals surface area contributed by atoms with Gasteiger partial charge < -0.3 is 9.84 Å². The Balaban J connectivity index is 1.45. The summed E-state index contributed by atoms with van der Waals surface area (Å²) in [7, 11) is 0. The highest BCUT2D eigenvalue weighted by molar-refractivity contribution is 7.99. The molecule has 0 aliphatic carbocycles. The molecule has 5 nitrogen and oxygen atoms in total. The van der Waals surface area contributed by atoms with Crippen LogP contribution < -0.4 is 5.32 Å². The molecular weight excluding hydrogens is 393 g/mol. The normalized spacial score (nSPS) is 10.7. The molecular formula is C18H15Cl2N3O2S. The molecule has 134 valence electrons. The molecule has 0 bridgehead atoms. The van der Waals surface area contributed by atoms with E-state index in [0.717, 1.165) is 11.1 Å². The van der Waals surface area contributed by atoms with Crippen LogP contribution in [-0.4, -0.2) is 21.8 Å². The largest absolute Gasteiger partial charge is 0.346 e. The SMILES string of the molecule is O=C(CSCc1ccccc1Cl)NCc1nc(-c2ccc(Cl)cc2)no1. The Bertz CT molecular complexity index is 884. The fourth-order valence-electron chi connectivity index (χ4n) is 2.14. The Kier molecular flexibility index (Phi) is 6.55. The number of nitrogens with one attached hydrogen (secondary N) is 1. The standard InChI is InChI=1S/C18H15Cl2N3O2S/c19-14-7-5-12(6-8-14)18-22-17(25-23-18)9-21-16(24)11-26-10-13-3-1-2-4-15(13)20/h1-8H,9-11H2,(H,21,24). The van der Waals surface area contributed by atoms with Crippen LogP contribution in [0, 0.1) is 0 Å². The minimum Gasteiger partial charge on any atom is -0.346 e. The van der Waals surface area contributed by atoms with Crippen molar-refractivity contribution in [2.45, 2.75) is 12.3 Å². The van der Waals surface area contributed by atoms with Gasteiger partial charge in [-0.2, -0.15) is 4.98 Å². The van der Waals surface area contributed by atoms with Crippen molar-refractivity contribution in [3.05, 3.63) is 70.0 Å². The number of nitrogens with zero attached hydrogens (tertiary/aromatic N) is 2. The van der Waals surface area contributed by atoms with E-state index in [-0.39, 0.29) is 12.5 Å². The van der Waals surface area contributed by atoms with Gasteiger partial charge in [0.05, 0.1) is 12.3 Å². The first-order valence-electron chi connectivity index (χ1n) is 7.78. The number of amides is 1. The Hall–Kier alpha value is -2.02.